The summed E-state index contributed by atoms with van der Waals surface area (Å²) >= 11 is 18.1. The minimum absolute atomic E-state index is 0.235. The van der Waals surface area contributed by atoms with Gasteiger partial charge in [-0.15, -0.1) is 0 Å². The van der Waals surface area contributed by atoms with E-state index in [0.29, 0.717) is 32.5 Å². The quantitative estimate of drug-likeness (QED) is 0.616. The SMILES string of the molecule is CC(c1nc2ccc(Cl)cc2c(=O)n1C)N(C)C(=O)Nc1cccc(Cl)c1Cl. The van der Waals surface area contributed by atoms with Crippen LogP contribution in [0.3, 0.4) is 0 Å². The van der Waals surface area contributed by atoms with Crippen molar-refractivity contribution in [1.82, 2.24) is 14.5 Å². The van der Waals surface area contributed by atoms with Crippen LogP contribution in [0.1, 0.15) is 18.8 Å². The number of fused-ring (bicyclic) bond motifs is 1. The third kappa shape index (κ3) is 3.81. The molecule has 0 spiro atoms. The van der Waals surface area contributed by atoms with E-state index in [1.165, 1.54) is 9.47 Å². The third-order valence-corrected chi connectivity index (χ3v) is 5.59. The number of halogens is 3. The maximum atomic E-state index is 12.7. The Bertz CT molecular complexity index is 1130. The number of amides is 2. The highest BCUT2D eigenvalue weighted by molar-refractivity contribution is 6.44. The van der Waals surface area contributed by atoms with Crippen molar-refractivity contribution in [3.05, 3.63) is 67.6 Å². The van der Waals surface area contributed by atoms with Crippen LogP contribution in [0, 0.1) is 0 Å². The van der Waals surface area contributed by atoms with Crippen molar-refractivity contribution in [2.24, 2.45) is 7.05 Å². The van der Waals surface area contributed by atoms with Crippen molar-refractivity contribution in [1.29, 1.82) is 0 Å². The van der Waals surface area contributed by atoms with Gasteiger partial charge in [0, 0.05) is 19.1 Å². The van der Waals surface area contributed by atoms with Gasteiger partial charge in [-0.2, -0.15) is 0 Å². The summed E-state index contributed by atoms with van der Waals surface area (Å²) in [5.74, 6) is 0.440. The number of aromatic nitrogens is 2. The highest BCUT2D eigenvalue weighted by atomic mass is 35.5. The Morgan fingerprint density at radius 2 is 1.93 bits per heavy atom. The topological polar surface area (TPSA) is 67.2 Å². The van der Waals surface area contributed by atoms with Crippen LogP contribution in [0.5, 0.6) is 0 Å². The molecule has 1 unspecified atom stereocenters. The van der Waals surface area contributed by atoms with E-state index in [-0.39, 0.29) is 10.6 Å². The lowest BCUT2D eigenvalue weighted by Gasteiger charge is -2.26. The lowest BCUT2D eigenvalue weighted by molar-refractivity contribution is 0.205. The molecule has 0 aliphatic heterocycles. The van der Waals surface area contributed by atoms with E-state index in [4.69, 9.17) is 34.8 Å². The summed E-state index contributed by atoms with van der Waals surface area (Å²) in [5.41, 5.74) is 0.676. The van der Waals surface area contributed by atoms with E-state index in [9.17, 15) is 9.59 Å². The largest absolute Gasteiger partial charge is 0.322 e. The van der Waals surface area contributed by atoms with E-state index < -0.39 is 12.1 Å². The number of benzene rings is 2. The molecule has 9 heteroatoms. The number of nitrogens with zero attached hydrogens (tertiary/aromatic N) is 3. The first-order valence-corrected chi connectivity index (χ1v) is 9.48. The minimum Gasteiger partial charge on any atom is -0.318 e. The summed E-state index contributed by atoms with van der Waals surface area (Å²) in [6.07, 6.45) is 0. The maximum absolute atomic E-state index is 12.7. The van der Waals surface area contributed by atoms with Crippen LogP contribution in [0.4, 0.5) is 10.5 Å². The van der Waals surface area contributed by atoms with E-state index in [0.717, 1.165) is 0 Å². The molecule has 0 bridgehead atoms. The number of hydrogen-bond donors (Lipinski definition) is 1. The van der Waals surface area contributed by atoms with Crippen LogP contribution < -0.4 is 10.9 Å². The van der Waals surface area contributed by atoms with Crippen molar-refractivity contribution >= 4 is 57.4 Å². The van der Waals surface area contributed by atoms with Gasteiger partial charge in [-0.3, -0.25) is 9.36 Å². The molecule has 2 aromatic carbocycles. The van der Waals surface area contributed by atoms with Gasteiger partial charge in [0.1, 0.15) is 5.82 Å². The van der Waals surface area contributed by atoms with E-state index >= 15 is 0 Å². The highest BCUT2D eigenvalue weighted by Gasteiger charge is 2.23. The number of nitrogens with one attached hydrogen (secondary N) is 1. The molecule has 3 aromatic rings. The molecule has 146 valence electrons. The van der Waals surface area contributed by atoms with Crippen molar-refractivity contribution < 1.29 is 4.79 Å². The number of carbonyl (C=O) groups excluding carboxylic acids is 1. The smallest absolute Gasteiger partial charge is 0.318 e. The van der Waals surface area contributed by atoms with Crippen LogP contribution in [0.15, 0.2) is 41.2 Å². The van der Waals surface area contributed by atoms with Gasteiger partial charge in [-0.05, 0) is 37.3 Å². The molecule has 2 amide bonds. The monoisotopic (exact) mass is 438 g/mol. The molecule has 0 aliphatic rings. The molecule has 1 atom stereocenters. The predicted molar refractivity (Wildman–Crippen MR) is 114 cm³/mol. The fourth-order valence-corrected chi connectivity index (χ4v) is 3.31. The van der Waals surface area contributed by atoms with Gasteiger partial charge in [0.05, 0.1) is 32.7 Å². The normalized spacial score (nSPS) is 12.1. The molecule has 0 aliphatic carbocycles. The first kappa shape index (κ1) is 20.5. The van der Waals surface area contributed by atoms with Gasteiger partial charge in [0.2, 0.25) is 0 Å². The summed E-state index contributed by atoms with van der Waals surface area (Å²) < 4.78 is 1.42. The van der Waals surface area contributed by atoms with Gasteiger partial charge in [0.15, 0.2) is 0 Å². The van der Waals surface area contributed by atoms with Crippen LogP contribution >= 0.6 is 34.8 Å². The molecule has 0 saturated heterocycles. The molecule has 6 nitrogen and oxygen atoms in total. The maximum Gasteiger partial charge on any atom is 0.322 e. The molecule has 1 heterocycles. The zero-order valence-electron chi connectivity index (χ0n) is 15.3. The fourth-order valence-electron chi connectivity index (χ4n) is 2.79. The first-order chi connectivity index (χ1) is 13.2. The Balaban J connectivity index is 1.92. The molecule has 0 saturated carbocycles. The van der Waals surface area contributed by atoms with Gasteiger partial charge >= 0.3 is 6.03 Å². The summed E-state index contributed by atoms with van der Waals surface area (Å²) in [6, 6.07) is 9.00. The fraction of sp³-hybridized carbons (Fsp3) is 0.211. The number of rotatable bonds is 3. The van der Waals surface area contributed by atoms with Crippen LogP contribution in [0.2, 0.25) is 15.1 Å². The second kappa shape index (κ2) is 7.99. The highest BCUT2D eigenvalue weighted by Crippen LogP contribution is 2.30. The Morgan fingerprint density at radius 1 is 1.21 bits per heavy atom. The summed E-state index contributed by atoms with van der Waals surface area (Å²) in [5, 5.41) is 4.19. The van der Waals surface area contributed by atoms with Gasteiger partial charge in [-0.25, -0.2) is 9.78 Å². The Morgan fingerprint density at radius 3 is 2.64 bits per heavy atom. The Hall–Kier alpha value is -2.28. The molecule has 1 aromatic heterocycles. The van der Waals surface area contributed by atoms with Crippen molar-refractivity contribution in [3.63, 3.8) is 0 Å². The van der Waals surface area contributed by atoms with Gasteiger partial charge in [-0.1, -0.05) is 40.9 Å². The lowest BCUT2D eigenvalue weighted by Crippen LogP contribution is -2.37. The van der Waals surface area contributed by atoms with Crippen LogP contribution in [-0.4, -0.2) is 27.5 Å². The van der Waals surface area contributed by atoms with Crippen molar-refractivity contribution in [3.8, 4) is 0 Å². The molecule has 3 rings (SSSR count). The molecule has 28 heavy (non-hydrogen) atoms. The molecule has 0 radical (unpaired) electrons. The Labute approximate surface area is 176 Å². The zero-order chi connectivity index (χ0) is 20.6. The average Bonchev–Trinajstić information content (AvgIpc) is 2.67. The van der Waals surface area contributed by atoms with E-state index in [2.05, 4.69) is 10.3 Å². The molecule has 0 fully saturated rings. The number of hydrogen-bond acceptors (Lipinski definition) is 3. The summed E-state index contributed by atoms with van der Waals surface area (Å²) in [4.78, 5) is 31.3. The van der Waals surface area contributed by atoms with Crippen LogP contribution in [-0.2, 0) is 7.05 Å². The Kier molecular flexibility index (Phi) is 5.84. The average molecular weight is 440 g/mol. The van der Waals surface area contributed by atoms with Gasteiger partial charge < -0.3 is 10.2 Å². The molecule has 1 N–H and O–H groups in total. The number of anilines is 1. The van der Waals surface area contributed by atoms with Crippen molar-refractivity contribution in [2.75, 3.05) is 12.4 Å². The van der Waals surface area contributed by atoms with E-state index in [1.54, 1.807) is 57.4 Å². The second-order valence-corrected chi connectivity index (χ2v) is 7.54. The number of carbonyl (C=O) groups is 1. The predicted octanol–water partition coefficient (Wildman–Crippen LogP) is 5.12. The number of urea groups is 1. The molecular weight excluding hydrogens is 423 g/mol. The molecular formula is C19H17Cl3N4O2. The standard InChI is InChI=1S/C19H17Cl3N4O2/c1-10(25(2)19(28)24-15-6-4-5-13(21)16(15)22)17-23-14-8-7-11(20)9-12(14)18(27)26(17)3/h4-10H,1-3H3,(H,24,28). The van der Waals surface area contributed by atoms with Gasteiger partial charge in [0.25, 0.3) is 5.56 Å². The lowest BCUT2D eigenvalue weighted by atomic mass is 10.2. The summed E-state index contributed by atoms with van der Waals surface area (Å²) in [6.45, 7) is 1.78. The van der Waals surface area contributed by atoms with Crippen LogP contribution in [0.25, 0.3) is 10.9 Å². The second-order valence-electron chi connectivity index (χ2n) is 6.31. The zero-order valence-corrected chi connectivity index (χ0v) is 17.6. The third-order valence-electron chi connectivity index (χ3n) is 4.54. The van der Waals surface area contributed by atoms with E-state index in [1.807, 2.05) is 0 Å². The first-order valence-electron chi connectivity index (χ1n) is 8.34. The summed E-state index contributed by atoms with van der Waals surface area (Å²) in [7, 11) is 3.22. The van der Waals surface area contributed by atoms with Crippen molar-refractivity contribution in [2.45, 2.75) is 13.0 Å². The minimum atomic E-state index is -0.490.